The zero-order chi connectivity index (χ0) is 23.5. The van der Waals surface area contributed by atoms with Crippen LogP contribution >= 0.6 is 0 Å². The first kappa shape index (κ1) is 23.0. The number of benzene rings is 2. The minimum absolute atomic E-state index is 0.0494. The Balaban J connectivity index is 1.34. The van der Waals surface area contributed by atoms with Crippen LogP contribution in [-0.2, 0) is 11.2 Å². The van der Waals surface area contributed by atoms with Crippen LogP contribution in [0.25, 0.3) is 0 Å². The molecule has 34 heavy (non-hydrogen) atoms. The van der Waals surface area contributed by atoms with Gasteiger partial charge in [-0.25, -0.2) is 4.39 Å². The molecule has 2 atom stereocenters. The van der Waals surface area contributed by atoms with E-state index >= 15 is 0 Å². The number of nitrogens with one attached hydrogen (secondary N) is 1. The maximum Gasteiger partial charge on any atom is 0.225 e. The zero-order valence-electron chi connectivity index (χ0n) is 20.0. The van der Waals surface area contributed by atoms with Gasteiger partial charge in [-0.05, 0) is 68.2 Å². The summed E-state index contributed by atoms with van der Waals surface area (Å²) in [6.45, 7) is 6.24. The lowest BCUT2D eigenvalue weighted by Crippen LogP contribution is -2.61. The summed E-state index contributed by atoms with van der Waals surface area (Å²) in [5.41, 5.74) is 3.37. The van der Waals surface area contributed by atoms with E-state index in [2.05, 4.69) is 32.1 Å². The molecule has 5 rings (SSSR count). The number of carbonyl (C=O) groups is 1. The molecule has 0 aromatic heterocycles. The van der Waals surface area contributed by atoms with Gasteiger partial charge < -0.3 is 24.8 Å². The first-order chi connectivity index (χ1) is 16.6. The third kappa shape index (κ3) is 4.85. The van der Waals surface area contributed by atoms with Crippen molar-refractivity contribution in [3.05, 3.63) is 53.8 Å². The lowest BCUT2D eigenvalue weighted by Gasteiger charge is -2.49. The molecular formula is C27H35FN4O2. The van der Waals surface area contributed by atoms with Gasteiger partial charge in [-0.2, -0.15) is 0 Å². The Kier molecular flexibility index (Phi) is 6.90. The Morgan fingerprint density at radius 3 is 2.62 bits per heavy atom. The van der Waals surface area contributed by atoms with Crippen LogP contribution < -0.4 is 19.9 Å². The van der Waals surface area contributed by atoms with E-state index in [0.717, 1.165) is 50.7 Å². The van der Waals surface area contributed by atoms with Crippen molar-refractivity contribution in [3.63, 3.8) is 0 Å². The predicted molar refractivity (Wildman–Crippen MR) is 133 cm³/mol. The standard InChI is InChI=1S/C27H35FN4O2/c1-34-23-10-5-20-17-24(27(33)29-11-14-30-12-3-2-4-13-30)26-19-31(15-16-32(26)25(20)18-23)22-8-6-21(28)7-9-22/h5-10,18,24,26H,2-4,11-17,19H2,1H3,(H,29,33)/t24-,26+/m1/s1. The van der Waals surface area contributed by atoms with Crippen molar-refractivity contribution in [2.45, 2.75) is 31.7 Å². The number of ether oxygens (including phenoxy) is 1. The van der Waals surface area contributed by atoms with E-state index in [1.165, 1.54) is 42.6 Å². The molecular weight excluding hydrogens is 431 g/mol. The van der Waals surface area contributed by atoms with E-state index in [9.17, 15) is 9.18 Å². The number of carbonyl (C=O) groups excluding carboxylic acids is 1. The molecule has 1 N–H and O–H groups in total. The maximum atomic E-state index is 13.5. The third-order valence-corrected chi connectivity index (χ3v) is 7.63. The second kappa shape index (κ2) is 10.2. The fraction of sp³-hybridized carbons (Fsp3) is 0.519. The van der Waals surface area contributed by atoms with Crippen LogP contribution in [0.1, 0.15) is 24.8 Å². The summed E-state index contributed by atoms with van der Waals surface area (Å²) < 4.78 is 19.0. The van der Waals surface area contributed by atoms with E-state index in [1.54, 1.807) is 7.11 Å². The molecule has 3 heterocycles. The number of halogens is 1. The summed E-state index contributed by atoms with van der Waals surface area (Å²) in [7, 11) is 1.69. The Bertz CT molecular complexity index is 993. The van der Waals surface area contributed by atoms with Gasteiger partial charge in [0, 0.05) is 50.2 Å². The van der Waals surface area contributed by atoms with Gasteiger partial charge in [0.25, 0.3) is 0 Å². The number of amides is 1. The molecule has 0 radical (unpaired) electrons. The third-order valence-electron chi connectivity index (χ3n) is 7.63. The fourth-order valence-electron chi connectivity index (χ4n) is 5.74. The highest BCUT2D eigenvalue weighted by Gasteiger charge is 2.41. The number of piperazine rings is 1. The molecule has 7 heteroatoms. The molecule has 0 bridgehead atoms. The lowest BCUT2D eigenvalue weighted by molar-refractivity contribution is -0.125. The average Bonchev–Trinajstić information content (AvgIpc) is 2.88. The summed E-state index contributed by atoms with van der Waals surface area (Å²) in [5, 5.41) is 3.25. The first-order valence-electron chi connectivity index (χ1n) is 12.6. The number of nitrogens with zero attached hydrogens (tertiary/aromatic N) is 3. The van der Waals surface area contributed by atoms with Crippen LogP contribution in [0.4, 0.5) is 15.8 Å². The van der Waals surface area contributed by atoms with Crippen molar-refractivity contribution in [2.24, 2.45) is 5.92 Å². The van der Waals surface area contributed by atoms with Gasteiger partial charge in [0.1, 0.15) is 11.6 Å². The van der Waals surface area contributed by atoms with Crippen LogP contribution in [0.15, 0.2) is 42.5 Å². The maximum absolute atomic E-state index is 13.5. The number of hydrogen-bond donors (Lipinski definition) is 1. The zero-order valence-corrected chi connectivity index (χ0v) is 20.0. The van der Waals surface area contributed by atoms with Crippen molar-refractivity contribution >= 4 is 17.3 Å². The molecule has 0 saturated carbocycles. The molecule has 1 amide bonds. The summed E-state index contributed by atoms with van der Waals surface area (Å²) in [6.07, 6.45) is 4.55. The highest BCUT2D eigenvalue weighted by atomic mass is 19.1. The largest absolute Gasteiger partial charge is 0.497 e. The smallest absolute Gasteiger partial charge is 0.225 e. The summed E-state index contributed by atoms with van der Waals surface area (Å²) in [6, 6.07) is 12.9. The number of anilines is 2. The van der Waals surface area contributed by atoms with Crippen LogP contribution in [0.2, 0.25) is 0 Å². The molecule has 2 aromatic rings. The van der Waals surface area contributed by atoms with E-state index in [-0.39, 0.29) is 23.7 Å². The SMILES string of the molecule is COc1ccc2c(c1)N1CCN(c3ccc(F)cc3)C[C@H]1[C@H](C(=O)NCCN1CCCCC1)C2. The number of piperidine rings is 1. The summed E-state index contributed by atoms with van der Waals surface area (Å²) in [5.74, 6) is 0.606. The molecule has 0 unspecified atom stereocenters. The molecule has 0 aliphatic carbocycles. The van der Waals surface area contributed by atoms with Gasteiger partial charge in [-0.1, -0.05) is 12.5 Å². The Hall–Kier alpha value is -2.80. The van der Waals surface area contributed by atoms with Crippen molar-refractivity contribution < 1.29 is 13.9 Å². The molecule has 3 aliphatic heterocycles. The highest BCUT2D eigenvalue weighted by molar-refractivity contribution is 5.82. The molecule has 3 aliphatic rings. The van der Waals surface area contributed by atoms with Gasteiger partial charge >= 0.3 is 0 Å². The van der Waals surface area contributed by atoms with Gasteiger partial charge in [0.15, 0.2) is 0 Å². The van der Waals surface area contributed by atoms with Gasteiger partial charge in [-0.3, -0.25) is 4.79 Å². The van der Waals surface area contributed by atoms with Crippen LogP contribution in [0.3, 0.4) is 0 Å². The minimum Gasteiger partial charge on any atom is -0.497 e. The van der Waals surface area contributed by atoms with Crippen LogP contribution in [0.5, 0.6) is 5.75 Å². The molecule has 2 fully saturated rings. The quantitative estimate of drug-likeness (QED) is 0.708. The molecule has 0 spiro atoms. The lowest BCUT2D eigenvalue weighted by atomic mass is 9.83. The molecule has 2 aromatic carbocycles. The highest BCUT2D eigenvalue weighted by Crippen LogP contribution is 2.39. The number of methoxy groups -OCH3 is 1. The van der Waals surface area contributed by atoms with Crippen LogP contribution in [0, 0.1) is 11.7 Å². The van der Waals surface area contributed by atoms with E-state index in [1.807, 2.05) is 18.2 Å². The Labute approximate surface area is 201 Å². The molecule has 182 valence electrons. The minimum atomic E-state index is -0.230. The van der Waals surface area contributed by atoms with E-state index < -0.39 is 0 Å². The normalized spacial score (nSPS) is 22.6. The number of rotatable bonds is 6. The Morgan fingerprint density at radius 2 is 1.85 bits per heavy atom. The summed E-state index contributed by atoms with van der Waals surface area (Å²) in [4.78, 5) is 20.6. The molecule has 6 nitrogen and oxygen atoms in total. The number of hydrogen-bond acceptors (Lipinski definition) is 5. The first-order valence-corrected chi connectivity index (χ1v) is 12.6. The number of fused-ring (bicyclic) bond motifs is 3. The second-order valence-corrected chi connectivity index (χ2v) is 9.68. The number of likely N-dealkylation sites (tertiary alicyclic amines) is 1. The van der Waals surface area contributed by atoms with Gasteiger partial charge in [0.2, 0.25) is 5.91 Å². The van der Waals surface area contributed by atoms with E-state index in [0.29, 0.717) is 13.0 Å². The van der Waals surface area contributed by atoms with Crippen molar-refractivity contribution in [1.82, 2.24) is 10.2 Å². The topological polar surface area (TPSA) is 48.1 Å². The van der Waals surface area contributed by atoms with Crippen molar-refractivity contribution in [3.8, 4) is 5.75 Å². The van der Waals surface area contributed by atoms with Crippen molar-refractivity contribution in [2.75, 3.05) is 62.7 Å². The second-order valence-electron chi connectivity index (χ2n) is 9.68. The van der Waals surface area contributed by atoms with Gasteiger partial charge in [-0.15, -0.1) is 0 Å². The van der Waals surface area contributed by atoms with E-state index in [4.69, 9.17) is 4.74 Å². The fourth-order valence-corrected chi connectivity index (χ4v) is 5.74. The van der Waals surface area contributed by atoms with Crippen molar-refractivity contribution in [1.29, 1.82) is 0 Å². The molecule has 2 saturated heterocycles. The van der Waals surface area contributed by atoms with Gasteiger partial charge in [0.05, 0.1) is 19.1 Å². The van der Waals surface area contributed by atoms with Crippen LogP contribution in [-0.4, -0.2) is 69.8 Å². The summed E-state index contributed by atoms with van der Waals surface area (Å²) >= 11 is 0. The average molecular weight is 467 g/mol. The predicted octanol–water partition coefficient (Wildman–Crippen LogP) is 3.30. The Morgan fingerprint density at radius 1 is 1.06 bits per heavy atom. The monoisotopic (exact) mass is 466 g/mol.